The van der Waals surface area contributed by atoms with Crippen LogP contribution in [0.1, 0.15) is 49.9 Å². The molecule has 0 unspecified atom stereocenters. The van der Waals surface area contributed by atoms with Crippen LogP contribution in [-0.4, -0.2) is 0 Å². The molecule has 0 aliphatic heterocycles. The van der Waals surface area contributed by atoms with Crippen molar-refractivity contribution in [2.75, 3.05) is 0 Å². The van der Waals surface area contributed by atoms with Crippen LogP contribution in [0.4, 0.5) is 0 Å². The lowest BCUT2D eigenvalue weighted by atomic mass is 10.1. The van der Waals surface area contributed by atoms with E-state index in [1.807, 2.05) is 27.7 Å². The van der Waals surface area contributed by atoms with Gasteiger partial charge in [-0.3, -0.25) is 0 Å². The van der Waals surface area contributed by atoms with Gasteiger partial charge in [0, 0.05) is 0 Å². The fraction of sp³-hybridized carbons (Fsp3) is 0.333. The zero-order chi connectivity index (χ0) is 18.5. The fourth-order valence-electron chi connectivity index (χ4n) is 2.12. The zero-order valence-corrected chi connectivity index (χ0v) is 16.8. The maximum atomic E-state index is 2.22. The Labute approximate surface area is 149 Å². The second-order valence-electron chi connectivity index (χ2n) is 5.51. The highest BCUT2D eigenvalue weighted by molar-refractivity contribution is 5.83. The van der Waals surface area contributed by atoms with Gasteiger partial charge in [-0.1, -0.05) is 111 Å². The van der Waals surface area contributed by atoms with Crippen molar-refractivity contribution in [3.05, 3.63) is 82.9 Å². The third-order valence-electron chi connectivity index (χ3n) is 3.37. The van der Waals surface area contributed by atoms with Crippen molar-refractivity contribution >= 4 is 10.8 Å². The zero-order valence-electron chi connectivity index (χ0n) is 16.8. The summed E-state index contributed by atoms with van der Waals surface area (Å²) >= 11 is 0. The van der Waals surface area contributed by atoms with E-state index in [0.29, 0.717) is 0 Å². The second-order valence-corrected chi connectivity index (χ2v) is 5.51. The van der Waals surface area contributed by atoms with E-state index in [1.54, 1.807) is 0 Å². The fourth-order valence-corrected chi connectivity index (χ4v) is 2.12. The average Bonchev–Trinajstić information content (AvgIpc) is 2.62. The van der Waals surface area contributed by atoms with Gasteiger partial charge in [-0.15, -0.1) is 0 Å². The number of fused-ring (bicyclic) bond motifs is 1. The van der Waals surface area contributed by atoms with Crippen LogP contribution >= 0.6 is 0 Å². The van der Waals surface area contributed by atoms with Gasteiger partial charge >= 0.3 is 0 Å². The van der Waals surface area contributed by atoms with Gasteiger partial charge in [-0.2, -0.15) is 0 Å². The molecule has 3 rings (SSSR count). The van der Waals surface area contributed by atoms with Crippen molar-refractivity contribution in [3.63, 3.8) is 0 Å². The Morgan fingerprint density at radius 2 is 0.625 bits per heavy atom. The highest BCUT2D eigenvalue weighted by Gasteiger charge is 1.92. The summed E-state index contributed by atoms with van der Waals surface area (Å²) in [6.07, 6.45) is 0. The van der Waals surface area contributed by atoms with Crippen molar-refractivity contribution in [3.8, 4) is 0 Å². The summed E-state index contributed by atoms with van der Waals surface area (Å²) in [5.74, 6) is 0. The molecule has 3 aromatic carbocycles. The third kappa shape index (κ3) is 7.97. The molecule has 24 heavy (non-hydrogen) atoms. The topological polar surface area (TPSA) is 0 Å². The lowest BCUT2D eigenvalue weighted by Gasteiger charge is -1.99. The minimum absolute atomic E-state index is 1.33. The predicted octanol–water partition coefficient (Wildman–Crippen LogP) is 7.81. The first-order chi connectivity index (χ1) is 11.5. The Bertz CT molecular complexity index is 629. The lowest BCUT2D eigenvalue weighted by molar-refractivity contribution is 1.40. The molecule has 0 radical (unpaired) electrons. The molecule has 3 aromatic rings. The van der Waals surface area contributed by atoms with Crippen molar-refractivity contribution in [2.24, 2.45) is 0 Å². The van der Waals surface area contributed by atoms with Gasteiger partial charge in [0.1, 0.15) is 0 Å². The van der Waals surface area contributed by atoms with Crippen molar-refractivity contribution in [2.45, 2.75) is 55.4 Å². The third-order valence-corrected chi connectivity index (χ3v) is 3.37. The highest BCUT2D eigenvalue weighted by atomic mass is 14.0. The van der Waals surface area contributed by atoms with Crippen LogP contribution in [0, 0.1) is 27.7 Å². The monoisotopic (exact) mass is 322 g/mol. The van der Waals surface area contributed by atoms with Crippen LogP contribution in [0.15, 0.2) is 60.7 Å². The Kier molecular flexibility index (Phi) is 11.3. The van der Waals surface area contributed by atoms with E-state index in [4.69, 9.17) is 0 Å². The van der Waals surface area contributed by atoms with Gasteiger partial charge in [0.25, 0.3) is 0 Å². The quantitative estimate of drug-likeness (QED) is 0.396. The minimum atomic E-state index is 1.33. The number of hydrogen-bond donors (Lipinski definition) is 0. The normalized spacial score (nSPS) is 8.83. The molecule has 0 heteroatoms. The van der Waals surface area contributed by atoms with E-state index < -0.39 is 0 Å². The van der Waals surface area contributed by atoms with Crippen LogP contribution in [0.25, 0.3) is 10.8 Å². The molecule has 0 aliphatic carbocycles. The molecule has 130 valence electrons. The SMILES string of the molecule is CC.CC.Cc1ccc(C)cc1.Cc1ccc2cc(C)ccc2c1. The number of benzene rings is 3. The van der Waals surface area contributed by atoms with E-state index >= 15 is 0 Å². The first-order valence-electron chi connectivity index (χ1n) is 9.05. The molecule has 0 spiro atoms. The van der Waals surface area contributed by atoms with Gasteiger partial charge < -0.3 is 0 Å². The molecule has 0 aliphatic rings. The molecule has 0 N–H and O–H groups in total. The van der Waals surface area contributed by atoms with Gasteiger partial charge in [0.15, 0.2) is 0 Å². The molecule has 0 bridgehead atoms. The Hall–Kier alpha value is -2.08. The average molecular weight is 323 g/mol. The van der Waals surface area contributed by atoms with Gasteiger partial charge in [0.05, 0.1) is 0 Å². The maximum Gasteiger partial charge on any atom is -0.0181 e. The number of rotatable bonds is 0. The van der Waals surface area contributed by atoms with E-state index in [9.17, 15) is 0 Å². The summed E-state index contributed by atoms with van der Waals surface area (Å²) in [7, 11) is 0. The summed E-state index contributed by atoms with van der Waals surface area (Å²) in [6.45, 7) is 16.4. The molecule has 0 amide bonds. The van der Waals surface area contributed by atoms with Gasteiger partial charge in [-0.25, -0.2) is 0 Å². The molecule has 0 heterocycles. The summed E-state index contributed by atoms with van der Waals surface area (Å²) in [6, 6.07) is 21.6. The highest BCUT2D eigenvalue weighted by Crippen LogP contribution is 2.16. The predicted molar refractivity (Wildman–Crippen MR) is 112 cm³/mol. The Balaban J connectivity index is 0.000000385. The standard InChI is InChI=1S/C12H12.C8H10.2C2H6/c1-9-3-5-12-8-10(2)4-6-11(12)7-9;1-7-3-5-8(2)6-4-7;2*1-2/h3-8H,1-2H3;3-6H,1-2H3;2*1-2H3. The lowest BCUT2D eigenvalue weighted by Crippen LogP contribution is -1.76. The van der Waals surface area contributed by atoms with Crippen LogP contribution in [0.5, 0.6) is 0 Å². The largest absolute Gasteiger partial charge is 0.0683 e. The summed E-state index contributed by atoms with van der Waals surface area (Å²) in [4.78, 5) is 0. The molecule has 0 saturated heterocycles. The van der Waals surface area contributed by atoms with Gasteiger partial charge in [-0.05, 0) is 38.5 Å². The van der Waals surface area contributed by atoms with E-state index in [0.717, 1.165) is 0 Å². The molecule has 0 nitrogen and oxygen atoms in total. The van der Waals surface area contributed by atoms with Crippen molar-refractivity contribution in [1.82, 2.24) is 0 Å². The maximum absolute atomic E-state index is 2.22. The first-order valence-corrected chi connectivity index (χ1v) is 9.05. The van der Waals surface area contributed by atoms with Crippen molar-refractivity contribution in [1.29, 1.82) is 0 Å². The van der Waals surface area contributed by atoms with Gasteiger partial charge in [0.2, 0.25) is 0 Å². The van der Waals surface area contributed by atoms with E-state index in [1.165, 1.54) is 33.0 Å². The number of hydrogen-bond acceptors (Lipinski definition) is 0. The van der Waals surface area contributed by atoms with E-state index in [-0.39, 0.29) is 0 Å². The van der Waals surface area contributed by atoms with Crippen LogP contribution < -0.4 is 0 Å². The molecular weight excluding hydrogens is 288 g/mol. The van der Waals surface area contributed by atoms with Crippen molar-refractivity contribution < 1.29 is 0 Å². The minimum Gasteiger partial charge on any atom is -0.0683 e. The van der Waals surface area contributed by atoms with Crippen LogP contribution in [0.2, 0.25) is 0 Å². The summed E-state index contributed by atoms with van der Waals surface area (Å²) in [5, 5.41) is 2.67. The summed E-state index contributed by atoms with van der Waals surface area (Å²) < 4.78 is 0. The Morgan fingerprint density at radius 3 is 0.917 bits per heavy atom. The molecule has 0 atom stereocenters. The molecule has 0 fully saturated rings. The summed E-state index contributed by atoms with van der Waals surface area (Å²) in [5.41, 5.74) is 5.31. The Morgan fingerprint density at radius 1 is 0.375 bits per heavy atom. The number of aryl methyl sites for hydroxylation is 4. The molecule has 0 saturated carbocycles. The molecule has 0 aromatic heterocycles. The smallest absolute Gasteiger partial charge is 0.0181 e. The van der Waals surface area contributed by atoms with Crippen LogP contribution in [0.3, 0.4) is 0 Å². The van der Waals surface area contributed by atoms with E-state index in [2.05, 4.69) is 88.4 Å². The van der Waals surface area contributed by atoms with Crippen LogP contribution in [-0.2, 0) is 0 Å². The molecular formula is C24H34. The second kappa shape index (κ2) is 12.4. The first kappa shape index (κ1) is 21.9.